The highest BCUT2D eigenvalue weighted by atomic mass is 16.5. The third-order valence-corrected chi connectivity index (χ3v) is 3.15. The fraction of sp³-hybridized carbons (Fsp3) is 0.471. The highest BCUT2D eigenvalue weighted by Crippen LogP contribution is 2.07. The maximum absolute atomic E-state index is 11.8. The van der Waals surface area contributed by atoms with Crippen LogP contribution < -0.4 is 5.32 Å². The molecule has 0 radical (unpaired) electrons. The molecule has 1 amide bonds. The van der Waals surface area contributed by atoms with Crippen molar-refractivity contribution in [2.75, 3.05) is 13.7 Å². The van der Waals surface area contributed by atoms with Crippen molar-refractivity contribution in [1.29, 1.82) is 0 Å². The number of rotatable bonds is 7. The fourth-order valence-corrected chi connectivity index (χ4v) is 1.97. The van der Waals surface area contributed by atoms with Gasteiger partial charge in [0.15, 0.2) is 6.61 Å². The van der Waals surface area contributed by atoms with Crippen molar-refractivity contribution in [3.8, 4) is 0 Å². The number of esters is 2. The van der Waals surface area contributed by atoms with E-state index in [1.54, 1.807) is 24.3 Å². The van der Waals surface area contributed by atoms with Gasteiger partial charge in [-0.15, -0.1) is 0 Å². The second-order valence-electron chi connectivity index (χ2n) is 5.71. The van der Waals surface area contributed by atoms with Crippen LogP contribution in [0.1, 0.15) is 36.2 Å². The smallest absolute Gasteiger partial charge is 0.338 e. The normalized spacial score (nSPS) is 11.7. The van der Waals surface area contributed by atoms with Crippen LogP contribution in [0.5, 0.6) is 0 Å². The second-order valence-corrected chi connectivity index (χ2v) is 5.71. The molecule has 0 fully saturated rings. The van der Waals surface area contributed by atoms with Crippen LogP contribution in [0.2, 0.25) is 0 Å². The minimum atomic E-state index is -0.745. The number of carbonyl (C=O) groups is 3. The van der Waals surface area contributed by atoms with Gasteiger partial charge in [-0.1, -0.05) is 31.5 Å². The van der Waals surface area contributed by atoms with Crippen LogP contribution in [0.4, 0.5) is 0 Å². The van der Waals surface area contributed by atoms with E-state index in [1.165, 1.54) is 7.11 Å². The summed E-state index contributed by atoms with van der Waals surface area (Å²) < 4.78 is 9.60. The lowest BCUT2D eigenvalue weighted by Gasteiger charge is -2.18. The Morgan fingerprint density at radius 3 is 2.26 bits per heavy atom. The molecule has 0 aliphatic heterocycles. The van der Waals surface area contributed by atoms with Gasteiger partial charge in [0.1, 0.15) is 6.04 Å². The molecule has 1 N–H and O–H groups in total. The average Bonchev–Trinajstić information content (AvgIpc) is 2.51. The molecule has 1 rings (SSSR count). The minimum Gasteiger partial charge on any atom is -0.467 e. The lowest BCUT2D eigenvalue weighted by atomic mass is 10.0. The van der Waals surface area contributed by atoms with Crippen molar-refractivity contribution in [3.63, 3.8) is 0 Å². The molecule has 6 heteroatoms. The number of aryl methyl sites for hydroxylation is 1. The van der Waals surface area contributed by atoms with E-state index in [4.69, 9.17) is 4.74 Å². The van der Waals surface area contributed by atoms with Gasteiger partial charge in [0, 0.05) is 0 Å². The first-order valence-corrected chi connectivity index (χ1v) is 7.44. The predicted octanol–water partition coefficient (Wildman–Crippen LogP) is 1.86. The highest BCUT2D eigenvalue weighted by molar-refractivity contribution is 5.92. The van der Waals surface area contributed by atoms with Crippen molar-refractivity contribution < 1.29 is 23.9 Å². The molecule has 0 saturated carbocycles. The monoisotopic (exact) mass is 321 g/mol. The molecule has 0 spiro atoms. The first kappa shape index (κ1) is 18.7. The predicted molar refractivity (Wildman–Crippen MR) is 84.9 cm³/mol. The summed E-state index contributed by atoms with van der Waals surface area (Å²) in [6.07, 6.45) is 0.449. The number of amides is 1. The summed E-state index contributed by atoms with van der Waals surface area (Å²) in [6, 6.07) is 6.08. The minimum absolute atomic E-state index is 0.203. The van der Waals surface area contributed by atoms with Gasteiger partial charge in [0.25, 0.3) is 5.91 Å². The molecule has 6 nitrogen and oxygen atoms in total. The molecule has 0 aliphatic rings. The lowest BCUT2D eigenvalue weighted by molar-refractivity contribution is -0.145. The van der Waals surface area contributed by atoms with E-state index < -0.39 is 30.5 Å². The van der Waals surface area contributed by atoms with Crippen LogP contribution in [0.25, 0.3) is 0 Å². The Labute approximate surface area is 136 Å². The van der Waals surface area contributed by atoms with Crippen LogP contribution in [-0.4, -0.2) is 37.6 Å². The third kappa shape index (κ3) is 6.50. The summed E-state index contributed by atoms with van der Waals surface area (Å²) in [4.78, 5) is 35.3. The molecule has 0 bridgehead atoms. The standard InChI is InChI=1S/C17H23NO5/c1-11(2)9-14(17(21)22-4)18-15(19)10-23-16(20)13-7-5-12(3)6-8-13/h5-8,11,14H,9-10H2,1-4H3,(H,18,19)/t14-/m1/s1. The van der Waals surface area contributed by atoms with Gasteiger partial charge < -0.3 is 14.8 Å². The zero-order chi connectivity index (χ0) is 17.4. The van der Waals surface area contributed by atoms with Crippen LogP contribution >= 0.6 is 0 Å². The van der Waals surface area contributed by atoms with Crippen molar-refractivity contribution in [2.45, 2.75) is 33.2 Å². The Kier molecular flexibility index (Phi) is 7.25. The molecule has 1 atom stereocenters. The first-order valence-electron chi connectivity index (χ1n) is 7.44. The fourth-order valence-electron chi connectivity index (χ4n) is 1.97. The maximum Gasteiger partial charge on any atom is 0.338 e. The number of hydrogen-bond donors (Lipinski definition) is 1. The quantitative estimate of drug-likeness (QED) is 0.775. The lowest BCUT2D eigenvalue weighted by Crippen LogP contribution is -2.44. The Morgan fingerprint density at radius 1 is 1.13 bits per heavy atom. The first-order chi connectivity index (χ1) is 10.8. The van der Waals surface area contributed by atoms with Gasteiger partial charge in [-0.25, -0.2) is 9.59 Å². The van der Waals surface area contributed by atoms with Crippen molar-refractivity contribution in [1.82, 2.24) is 5.32 Å². The van der Waals surface area contributed by atoms with E-state index in [0.29, 0.717) is 12.0 Å². The van der Waals surface area contributed by atoms with Crippen molar-refractivity contribution in [2.24, 2.45) is 5.92 Å². The van der Waals surface area contributed by atoms with E-state index in [-0.39, 0.29) is 5.92 Å². The van der Waals surface area contributed by atoms with Crippen LogP contribution in [0.3, 0.4) is 0 Å². The number of ether oxygens (including phenoxy) is 2. The number of benzene rings is 1. The molecule has 0 aliphatic carbocycles. The molecule has 1 aromatic rings. The van der Waals surface area contributed by atoms with Gasteiger partial charge in [0.2, 0.25) is 0 Å². The Hall–Kier alpha value is -2.37. The van der Waals surface area contributed by atoms with E-state index in [1.807, 2.05) is 20.8 Å². The van der Waals surface area contributed by atoms with Crippen molar-refractivity contribution >= 4 is 17.8 Å². The molecule has 126 valence electrons. The van der Waals surface area contributed by atoms with E-state index >= 15 is 0 Å². The maximum atomic E-state index is 11.8. The number of carbonyl (C=O) groups excluding carboxylic acids is 3. The number of nitrogens with one attached hydrogen (secondary N) is 1. The zero-order valence-corrected chi connectivity index (χ0v) is 13.9. The molecular formula is C17H23NO5. The second kappa shape index (κ2) is 8.92. The Balaban J connectivity index is 2.52. The largest absolute Gasteiger partial charge is 0.467 e. The molecular weight excluding hydrogens is 298 g/mol. The van der Waals surface area contributed by atoms with Crippen LogP contribution in [-0.2, 0) is 19.1 Å². The summed E-state index contributed by atoms with van der Waals surface area (Å²) in [5, 5.41) is 2.52. The van der Waals surface area contributed by atoms with Crippen LogP contribution in [0, 0.1) is 12.8 Å². The average molecular weight is 321 g/mol. The molecule has 0 heterocycles. The van der Waals surface area contributed by atoms with Gasteiger partial charge in [-0.3, -0.25) is 4.79 Å². The summed E-state index contributed by atoms with van der Waals surface area (Å²) in [6.45, 7) is 5.32. The number of hydrogen-bond acceptors (Lipinski definition) is 5. The van der Waals surface area contributed by atoms with Gasteiger partial charge in [0.05, 0.1) is 12.7 Å². The summed E-state index contributed by atoms with van der Waals surface area (Å²) in [7, 11) is 1.26. The van der Waals surface area contributed by atoms with Gasteiger partial charge in [-0.05, 0) is 31.4 Å². The van der Waals surface area contributed by atoms with E-state index in [9.17, 15) is 14.4 Å². The topological polar surface area (TPSA) is 81.7 Å². The Morgan fingerprint density at radius 2 is 1.74 bits per heavy atom. The van der Waals surface area contributed by atoms with Crippen LogP contribution in [0.15, 0.2) is 24.3 Å². The van der Waals surface area contributed by atoms with Crippen molar-refractivity contribution in [3.05, 3.63) is 35.4 Å². The van der Waals surface area contributed by atoms with E-state index in [0.717, 1.165) is 5.56 Å². The summed E-state index contributed by atoms with van der Waals surface area (Å²) >= 11 is 0. The molecule has 23 heavy (non-hydrogen) atoms. The molecule has 0 aromatic heterocycles. The summed E-state index contributed by atoms with van der Waals surface area (Å²) in [5.74, 6) is -1.44. The van der Waals surface area contributed by atoms with Gasteiger partial charge >= 0.3 is 11.9 Å². The molecule has 1 aromatic carbocycles. The highest BCUT2D eigenvalue weighted by Gasteiger charge is 2.23. The number of methoxy groups -OCH3 is 1. The Bertz CT molecular complexity index is 551. The zero-order valence-electron chi connectivity index (χ0n) is 13.9. The van der Waals surface area contributed by atoms with Gasteiger partial charge in [-0.2, -0.15) is 0 Å². The summed E-state index contributed by atoms with van der Waals surface area (Å²) in [5.41, 5.74) is 1.39. The SMILES string of the molecule is COC(=O)[C@@H](CC(C)C)NC(=O)COC(=O)c1ccc(C)cc1. The molecule has 0 saturated heterocycles. The molecule has 0 unspecified atom stereocenters. The van der Waals surface area contributed by atoms with E-state index in [2.05, 4.69) is 10.1 Å². The third-order valence-electron chi connectivity index (χ3n) is 3.15.